The average Bonchev–Trinajstić information content (AvgIpc) is 2.54. The van der Waals surface area contributed by atoms with E-state index in [4.69, 9.17) is 4.74 Å². The average molecular weight is 236 g/mol. The van der Waals surface area contributed by atoms with Gasteiger partial charge in [0.2, 0.25) is 0 Å². The predicted octanol–water partition coefficient (Wildman–Crippen LogP) is 1.40. The Morgan fingerprint density at radius 2 is 2.29 bits per heavy atom. The molecule has 4 heteroatoms. The topological polar surface area (TPSA) is 45.6 Å². The van der Waals surface area contributed by atoms with E-state index in [1.165, 1.54) is 0 Å². The van der Waals surface area contributed by atoms with Crippen molar-refractivity contribution < 1.29 is 9.84 Å². The van der Waals surface area contributed by atoms with Crippen molar-refractivity contribution in [1.29, 1.82) is 0 Å². The van der Waals surface area contributed by atoms with Crippen LogP contribution in [0.2, 0.25) is 0 Å². The van der Waals surface area contributed by atoms with E-state index in [0.717, 1.165) is 17.9 Å². The lowest BCUT2D eigenvalue weighted by atomic mass is 10.1. The maximum atomic E-state index is 9.68. The van der Waals surface area contributed by atoms with E-state index in [2.05, 4.69) is 35.9 Å². The van der Waals surface area contributed by atoms with Crippen LogP contribution in [-0.2, 0) is 4.74 Å². The minimum absolute atomic E-state index is 0.415. The number of rotatable bonds is 2. The monoisotopic (exact) mass is 236 g/mol. The van der Waals surface area contributed by atoms with Crippen LogP contribution in [0.4, 0.5) is 5.69 Å². The van der Waals surface area contributed by atoms with Crippen LogP contribution in [-0.4, -0.2) is 42.5 Å². The highest BCUT2D eigenvalue weighted by Gasteiger charge is 2.16. The summed E-state index contributed by atoms with van der Waals surface area (Å²) in [6.07, 6.45) is 1.47. The van der Waals surface area contributed by atoms with Gasteiger partial charge in [-0.1, -0.05) is 13.8 Å². The second-order valence-electron chi connectivity index (χ2n) is 4.77. The molecule has 1 unspecified atom stereocenters. The molecule has 0 aromatic carbocycles. The highest BCUT2D eigenvalue weighted by molar-refractivity contribution is 5.45. The van der Waals surface area contributed by atoms with E-state index in [1.807, 2.05) is 6.20 Å². The Kier molecular flexibility index (Phi) is 3.97. The van der Waals surface area contributed by atoms with Crippen LogP contribution >= 0.6 is 0 Å². The Morgan fingerprint density at radius 3 is 2.94 bits per heavy atom. The van der Waals surface area contributed by atoms with Crippen molar-refractivity contribution in [3.8, 4) is 0 Å². The molecule has 17 heavy (non-hydrogen) atoms. The fourth-order valence-corrected chi connectivity index (χ4v) is 1.95. The second-order valence-corrected chi connectivity index (χ2v) is 4.77. The summed E-state index contributed by atoms with van der Waals surface area (Å²) >= 11 is 0. The van der Waals surface area contributed by atoms with Gasteiger partial charge in [0, 0.05) is 18.8 Å². The molecule has 1 aliphatic heterocycles. The zero-order valence-electron chi connectivity index (χ0n) is 10.5. The molecule has 0 spiro atoms. The van der Waals surface area contributed by atoms with Gasteiger partial charge in [-0.2, -0.15) is 0 Å². The Hall–Kier alpha value is -1.13. The van der Waals surface area contributed by atoms with Crippen LogP contribution in [0.5, 0.6) is 0 Å². The van der Waals surface area contributed by atoms with Gasteiger partial charge in [0.25, 0.3) is 0 Å². The third-order valence-corrected chi connectivity index (χ3v) is 2.97. The van der Waals surface area contributed by atoms with Crippen molar-refractivity contribution in [2.24, 2.45) is 0 Å². The van der Waals surface area contributed by atoms with Crippen molar-refractivity contribution in [2.75, 3.05) is 31.2 Å². The van der Waals surface area contributed by atoms with Crippen LogP contribution in [0, 0.1) is 0 Å². The Balaban J connectivity index is 2.10. The summed E-state index contributed by atoms with van der Waals surface area (Å²) in [6, 6.07) is 4.12. The maximum absolute atomic E-state index is 9.68. The van der Waals surface area contributed by atoms with E-state index < -0.39 is 6.10 Å². The lowest BCUT2D eigenvalue weighted by Crippen LogP contribution is -2.32. The Morgan fingerprint density at radius 1 is 1.47 bits per heavy atom. The number of aromatic nitrogens is 1. The summed E-state index contributed by atoms with van der Waals surface area (Å²) in [7, 11) is 0. The van der Waals surface area contributed by atoms with Crippen molar-refractivity contribution in [1.82, 2.24) is 4.98 Å². The van der Waals surface area contributed by atoms with Crippen molar-refractivity contribution in [3.05, 3.63) is 24.0 Å². The third-order valence-electron chi connectivity index (χ3n) is 2.97. The van der Waals surface area contributed by atoms with Crippen molar-refractivity contribution in [2.45, 2.75) is 25.9 Å². The van der Waals surface area contributed by atoms with Crippen LogP contribution in [0.25, 0.3) is 0 Å². The fraction of sp³-hybridized carbons (Fsp3) is 0.615. The molecule has 4 nitrogen and oxygen atoms in total. The number of ether oxygens (including phenoxy) is 1. The SMILES string of the molecule is CC(C)c1ccc(N2CCOCC(O)C2)cn1. The highest BCUT2D eigenvalue weighted by Crippen LogP contribution is 2.18. The van der Waals surface area contributed by atoms with Crippen LogP contribution in [0.3, 0.4) is 0 Å². The zero-order valence-corrected chi connectivity index (χ0v) is 10.5. The molecule has 1 aromatic rings. The van der Waals surface area contributed by atoms with Crippen LogP contribution < -0.4 is 4.90 Å². The van der Waals surface area contributed by atoms with Gasteiger partial charge >= 0.3 is 0 Å². The molecule has 1 aromatic heterocycles. The number of aliphatic hydroxyl groups is 1. The Bertz CT molecular complexity index is 351. The molecule has 0 radical (unpaired) electrons. The number of pyridine rings is 1. The van der Waals surface area contributed by atoms with Crippen molar-refractivity contribution >= 4 is 5.69 Å². The van der Waals surface area contributed by atoms with E-state index in [9.17, 15) is 5.11 Å². The molecule has 0 saturated carbocycles. The molecule has 0 bridgehead atoms. The van der Waals surface area contributed by atoms with Gasteiger partial charge < -0.3 is 14.7 Å². The van der Waals surface area contributed by atoms with Gasteiger partial charge in [0.05, 0.1) is 31.2 Å². The van der Waals surface area contributed by atoms with Crippen molar-refractivity contribution in [3.63, 3.8) is 0 Å². The number of hydrogen-bond donors (Lipinski definition) is 1. The lowest BCUT2D eigenvalue weighted by molar-refractivity contribution is 0.0597. The molecular weight excluding hydrogens is 216 g/mol. The second kappa shape index (κ2) is 5.47. The first-order valence-electron chi connectivity index (χ1n) is 6.13. The van der Waals surface area contributed by atoms with Gasteiger partial charge in [-0.15, -0.1) is 0 Å². The molecule has 1 saturated heterocycles. The molecule has 94 valence electrons. The first-order chi connectivity index (χ1) is 8.16. The molecule has 2 rings (SSSR count). The quantitative estimate of drug-likeness (QED) is 0.843. The molecule has 1 atom stereocenters. The number of β-amino-alcohol motifs (C(OH)–C–C–N with tert-alkyl or cyclic N) is 1. The maximum Gasteiger partial charge on any atom is 0.0948 e. The van der Waals surface area contributed by atoms with E-state index in [1.54, 1.807) is 0 Å². The molecule has 2 heterocycles. The molecule has 1 aliphatic rings. The summed E-state index contributed by atoms with van der Waals surface area (Å²) in [6.45, 7) is 6.76. The van der Waals surface area contributed by atoms with E-state index in [-0.39, 0.29) is 0 Å². The first kappa shape index (κ1) is 12.3. The highest BCUT2D eigenvalue weighted by atomic mass is 16.5. The summed E-state index contributed by atoms with van der Waals surface area (Å²) in [5.74, 6) is 0.446. The third kappa shape index (κ3) is 3.17. The van der Waals surface area contributed by atoms with Gasteiger partial charge in [0.15, 0.2) is 0 Å². The summed E-state index contributed by atoms with van der Waals surface area (Å²) in [5, 5.41) is 9.68. The van der Waals surface area contributed by atoms with Gasteiger partial charge in [-0.05, 0) is 18.1 Å². The molecule has 0 aliphatic carbocycles. The number of nitrogens with zero attached hydrogens (tertiary/aromatic N) is 2. The van der Waals surface area contributed by atoms with Gasteiger partial charge in [-0.3, -0.25) is 4.98 Å². The smallest absolute Gasteiger partial charge is 0.0948 e. The fourth-order valence-electron chi connectivity index (χ4n) is 1.95. The van der Waals surface area contributed by atoms with E-state index in [0.29, 0.717) is 25.7 Å². The zero-order chi connectivity index (χ0) is 12.3. The standard InChI is InChI=1S/C13H20N2O2/c1-10(2)13-4-3-11(7-14-13)15-5-6-17-9-12(16)8-15/h3-4,7,10,12,16H,5-6,8-9H2,1-2H3. The minimum Gasteiger partial charge on any atom is -0.389 e. The van der Waals surface area contributed by atoms with E-state index >= 15 is 0 Å². The van der Waals surface area contributed by atoms with Gasteiger partial charge in [-0.25, -0.2) is 0 Å². The number of anilines is 1. The summed E-state index contributed by atoms with van der Waals surface area (Å²) < 4.78 is 5.31. The normalized spacial score (nSPS) is 21.6. The van der Waals surface area contributed by atoms with Gasteiger partial charge in [0.1, 0.15) is 0 Å². The number of aliphatic hydroxyl groups excluding tert-OH is 1. The largest absolute Gasteiger partial charge is 0.389 e. The summed E-state index contributed by atoms with van der Waals surface area (Å²) in [5.41, 5.74) is 2.15. The molecular formula is C13H20N2O2. The first-order valence-corrected chi connectivity index (χ1v) is 6.13. The predicted molar refractivity (Wildman–Crippen MR) is 67.4 cm³/mol. The molecule has 1 fully saturated rings. The summed E-state index contributed by atoms with van der Waals surface area (Å²) in [4.78, 5) is 6.56. The Labute approximate surface area is 102 Å². The minimum atomic E-state index is -0.415. The lowest BCUT2D eigenvalue weighted by Gasteiger charge is -2.23. The molecule has 0 amide bonds. The molecule has 1 N–H and O–H groups in total. The number of hydrogen-bond acceptors (Lipinski definition) is 4. The van der Waals surface area contributed by atoms with Crippen LogP contribution in [0.15, 0.2) is 18.3 Å². The van der Waals surface area contributed by atoms with Crippen LogP contribution in [0.1, 0.15) is 25.5 Å².